The number of hydrogen-bond acceptors (Lipinski definition) is 2. The van der Waals surface area contributed by atoms with Gasteiger partial charge in [0, 0.05) is 9.75 Å². The molecule has 1 nitrogen and oxygen atoms in total. The summed E-state index contributed by atoms with van der Waals surface area (Å²) < 4.78 is 0. The molecule has 3 rings (SSSR count). The minimum atomic E-state index is -0.0106. The lowest BCUT2D eigenvalue weighted by Gasteiger charge is -1.94. The minimum Gasteiger partial charge on any atom is -0.290 e. The van der Waals surface area contributed by atoms with Crippen molar-refractivity contribution < 1.29 is 4.79 Å². The van der Waals surface area contributed by atoms with Crippen LogP contribution in [0.2, 0.25) is 0 Å². The van der Waals surface area contributed by atoms with Crippen molar-refractivity contribution in [2.45, 2.75) is 0 Å². The first kappa shape index (κ1) is 15.2. The van der Waals surface area contributed by atoms with E-state index in [9.17, 15) is 4.79 Å². The largest absolute Gasteiger partial charge is 0.290 e. The minimum absolute atomic E-state index is 0.0106. The summed E-state index contributed by atoms with van der Waals surface area (Å²) in [4.78, 5) is 14.2. The predicted molar refractivity (Wildman–Crippen MR) is 99.3 cm³/mol. The van der Waals surface area contributed by atoms with Gasteiger partial charge in [0.2, 0.25) is 0 Å². The molecule has 0 N–H and O–H groups in total. The maximum Gasteiger partial charge on any atom is 0.178 e. The Hall–Kier alpha value is -2.71. The Morgan fingerprint density at radius 2 is 1.39 bits per heavy atom. The van der Waals surface area contributed by atoms with E-state index in [-0.39, 0.29) is 5.78 Å². The van der Waals surface area contributed by atoms with Crippen molar-refractivity contribution in [3.05, 3.63) is 95.4 Å². The summed E-state index contributed by atoms with van der Waals surface area (Å²) in [5, 5.41) is 0. The van der Waals surface area contributed by atoms with Crippen LogP contribution in [-0.4, -0.2) is 5.78 Å². The third kappa shape index (κ3) is 4.38. The Balaban J connectivity index is 1.65. The molecule has 2 heteroatoms. The SMILES string of the molecule is O=C(/C=C/c1ccccc1)/C=C/c1ccc(-c2ccccc2)s1. The number of ketones is 1. The zero-order valence-corrected chi connectivity index (χ0v) is 13.4. The first-order valence-corrected chi connectivity index (χ1v) is 8.23. The van der Waals surface area contributed by atoms with Crippen molar-refractivity contribution in [1.29, 1.82) is 0 Å². The van der Waals surface area contributed by atoms with Gasteiger partial charge in [0.05, 0.1) is 0 Å². The molecule has 0 saturated heterocycles. The molecule has 0 saturated carbocycles. The molecule has 2 aromatic carbocycles. The van der Waals surface area contributed by atoms with E-state index in [2.05, 4.69) is 18.2 Å². The zero-order chi connectivity index (χ0) is 15.9. The second-order valence-electron chi connectivity index (χ2n) is 5.05. The van der Waals surface area contributed by atoms with Crippen molar-refractivity contribution in [2.24, 2.45) is 0 Å². The topological polar surface area (TPSA) is 17.1 Å². The quantitative estimate of drug-likeness (QED) is 0.551. The maximum atomic E-state index is 11.9. The highest BCUT2D eigenvalue weighted by molar-refractivity contribution is 7.16. The van der Waals surface area contributed by atoms with Crippen molar-refractivity contribution in [3.8, 4) is 10.4 Å². The van der Waals surface area contributed by atoms with Crippen LogP contribution in [0.1, 0.15) is 10.4 Å². The molecule has 1 heterocycles. The summed E-state index contributed by atoms with van der Waals surface area (Å²) in [5.74, 6) is -0.0106. The third-order valence-corrected chi connectivity index (χ3v) is 4.44. The van der Waals surface area contributed by atoms with Crippen LogP contribution in [0.5, 0.6) is 0 Å². The summed E-state index contributed by atoms with van der Waals surface area (Å²) >= 11 is 1.68. The standard InChI is InChI=1S/C21H16OS/c22-19(12-11-17-7-3-1-4-8-17)13-14-20-15-16-21(23-20)18-9-5-2-6-10-18/h1-16H/b12-11+,14-13+. The molecule has 0 radical (unpaired) electrons. The van der Waals surface area contributed by atoms with E-state index in [4.69, 9.17) is 0 Å². The van der Waals surface area contributed by atoms with Crippen molar-refractivity contribution in [2.75, 3.05) is 0 Å². The third-order valence-electron chi connectivity index (χ3n) is 3.34. The fourth-order valence-electron chi connectivity index (χ4n) is 2.16. The predicted octanol–water partition coefficient (Wildman–Crippen LogP) is 5.71. The van der Waals surface area contributed by atoms with Crippen LogP contribution < -0.4 is 0 Å². The van der Waals surface area contributed by atoms with Gasteiger partial charge in [0.25, 0.3) is 0 Å². The van der Waals surface area contributed by atoms with Crippen LogP contribution in [0.25, 0.3) is 22.6 Å². The fourth-order valence-corrected chi connectivity index (χ4v) is 3.08. The maximum absolute atomic E-state index is 11.9. The average Bonchev–Trinajstić information content (AvgIpc) is 3.09. The Bertz CT molecular complexity index is 827. The Morgan fingerprint density at radius 3 is 2.13 bits per heavy atom. The van der Waals surface area contributed by atoms with E-state index in [0.29, 0.717) is 0 Å². The van der Waals surface area contributed by atoms with Gasteiger partial charge in [-0.25, -0.2) is 0 Å². The molecule has 3 aromatic rings. The van der Waals surface area contributed by atoms with Gasteiger partial charge < -0.3 is 0 Å². The Labute approximate surface area is 140 Å². The number of thiophene rings is 1. The molecule has 0 aliphatic rings. The van der Waals surface area contributed by atoms with Crippen LogP contribution in [0.4, 0.5) is 0 Å². The molecule has 1 aromatic heterocycles. The lowest BCUT2D eigenvalue weighted by molar-refractivity contribution is -0.110. The molecule has 0 fully saturated rings. The van der Waals surface area contributed by atoms with Gasteiger partial charge in [-0.15, -0.1) is 11.3 Å². The summed E-state index contributed by atoms with van der Waals surface area (Å²) in [6, 6.07) is 24.2. The zero-order valence-electron chi connectivity index (χ0n) is 12.6. The molecule has 0 spiro atoms. The highest BCUT2D eigenvalue weighted by Gasteiger charge is 2.00. The van der Waals surface area contributed by atoms with Gasteiger partial charge >= 0.3 is 0 Å². The van der Waals surface area contributed by atoms with Crippen molar-refractivity contribution in [3.63, 3.8) is 0 Å². The molecule has 0 unspecified atom stereocenters. The van der Waals surface area contributed by atoms with Crippen LogP contribution in [-0.2, 0) is 4.79 Å². The number of benzene rings is 2. The lowest BCUT2D eigenvalue weighted by atomic mass is 10.2. The molecular formula is C21H16OS. The molecule has 112 valence electrons. The molecular weight excluding hydrogens is 300 g/mol. The van der Waals surface area contributed by atoms with E-state index >= 15 is 0 Å². The molecule has 0 amide bonds. The summed E-state index contributed by atoms with van der Waals surface area (Å²) in [6.07, 6.45) is 6.91. The molecule has 23 heavy (non-hydrogen) atoms. The fraction of sp³-hybridized carbons (Fsp3) is 0. The first-order valence-electron chi connectivity index (χ1n) is 7.42. The number of allylic oxidation sites excluding steroid dienone is 2. The van der Waals surface area contributed by atoms with Gasteiger partial charge in [0.15, 0.2) is 5.78 Å². The second kappa shape index (κ2) is 7.52. The monoisotopic (exact) mass is 316 g/mol. The Morgan fingerprint density at radius 1 is 0.739 bits per heavy atom. The normalized spacial score (nSPS) is 11.3. The van der Waals surface area contributed by atoms with Gasteiger partial charge in [-0.05, 0) is 41.5 Å². The molecule has 0 aliphatic carbocycles. The van der Waals surface area contributed by atoms with Crippen LogP contribution in [0.3, 0.4) is 0 Å². The first-order chi connectivity index (χ1) is 11.3. The van der Waals surface area contributed by atoms with Gasteiger partial charge in [0.1, 0.15) is 0 Å². The van der Waals surface area contributed by atoms with E-state index < -0.39 is 0 Å². The lowest BCUT2D eigenvalue weighted by Crippen LogP contribution is -1.83. The van der Waals surface area contributed by atoms with Gasteiger partial charge in [-0.2, -0.15) is 0 Å². The van der Waals surface area contributed by atoms with E-state index in [1.807, 2.05) is 66.7 Å². The van der Waals surface area contributed by atoms with Crippen molar-refractivity contribution in [1.82, 2.24) is 0 Å². The number of hydrogen-bond donors (Lipinski definition) is 0. The van der Waals surface area contributed by atoms with Crippen LogP contribution in [0, 0.1) is 0 Å². The smallest absolute Gasteiger partial charge is 0.178 e. The summed E-state index contributed by atoms with van der Waals surface area (Å²) in [7, 11) is 0. The second-order valence-corrected chi connectivity index (χ2v) is 6.16. The summed E-state index contributed by atoms with van der Waals surface area (Å²) in [5.41, 5.74) is 2.23. The van der Waals surface area contributed by atoms with Crippen molar-refractivity contribution >= 4 is 29.3 Å². The highest BCUT2D eigenvalue weighted by Crippen LogP contribution is 2.28. The van der Waals surface area contributed by atoms with Crippen LogP contribution >= 0.6 is 11.3 Å². The number of carbonyl (C=O) groups is 1. The van der Waals surface area contributed by atoms with E-state index in [1.54, 1.807) is 23.5 Å². The summed E-state index contributed by atoms with van der Waals surface area (Å²) in [6.45, 7) is 0. The molecule has 0 bridgehead atoms. The number of rotatable bonds is 5. The van der Waals surface area contributed by atoms with Gasteiger partial charge in [-0.1, -0.05) is 66.7 Å². The molecule has 0 aliphatic heterocycles. The number of carbonyl (C=O) groups excluding carboxylic acids is 1. The average molecular weight is 316 g/mol. The Kier molecular flexibility index (Phi) is 4.97. The van der Waals surface area contributed by atoms with Crippen LogP contribution in [0.15, 0.2) is 84.9 Å². The molecule has 0 atom stereocenters. The van der Waals surface area contributed by atoms with Gasteiger partial charge in [-0.3, -0.25) is 4.79 Å². The highest BCUT2D eigenvalue weighted by atomic mass is 32.1. The van der Waals surface area contributed by atoms with E-state index in [1.165, 1.54) is 10.4 Å². The van der Waals surface area contributed by atoms with E-state index in [0.717, 1.165) is 10.4 Å².